The summed E-state index contributed by atoms with van der Waals surface area (Å²) in [6, 6.07) is 0. The first-order valence-electron chi connectivity index (χ1n) is 2.38. The molecule has 1 aromatic heterocycles. The van der Waals surface area contributed by atoms with Crippen molar-refractivity contribution in [2.75, 3.05) is 5.73 Å². The van der Waals surface area contributed by atoms with E-state index in [1.165, 1.54) is 0 Å². The molecule has 0 aliphatic heterocycles. The van der Waals surface area contributed by atoms with Gasteiger partial charge in [-0.1, -0.05) is 0 Å². The number of hydrogen-bond donors (Lipinski definition) is 2. The minimum atomic E-state index is -1.22. The molecule has 1 heterocycles. The molecule has 0 bridgehead atoms. The number of rotatable bonds is 1. The fraction of sp³-hybridized carbons (Fsp3) is 0. The summed E-state index contributed by atoms with van der Waals surface area (Å²) in [4.78, 5) is 13.6. The molecular weight excluding hydrogens is 136 g/mol. The minimum absolute atomic E-state index is 0.123. The molecule has 0 aliphatic rings. The average Bonchev–Trinajstić information content (AvgIpc) is 1.88. The second-order valence-corrected chi connectivity index (χ2v) is 1.50. The molecule has 0 fully saturated rings. The fourth-order valence-corrected chi connectivity index (χ4v) is 0.436. The number of carboxylic acid groups (broad SMARTS) is 1. The maximum absolute atomic E-state index is 10.2. The van der Waals surface area contributed by atoms with E-state index < -0.39 is 5.97 Å². The Morgan fingerprint density at radius 2 is 2.40 bits per heavy atom. The van der Waals surface area contributed by atoms with Crippen molar-refractivity contribution in [2.24, 2.45) is 0 Å². The SMILES string of the molecule is Nc1ncnnc1C(=O)O. The van der Waals surface area contributed by atoms with E-state index >= 15 is 0 Å². The quantitative estimate of drug-likeness (QED) is 0.526. The van der Waals surface area contributed by atoms with Crippen LogP contribution in [0.1, 0.15) is 10.5 Å². The molecule has 1 aromatic rings. The van der Waals surface area contributed by atoms with Gasteiger partial charge in [0.05, 0.1) is 0 Å². The van der Waals surface area contributed by atoms with Gasteiger partial charge in [0.15, 0.2) is 5.82 Å². The van der Waals surface area contributed by atoms with Gasteiger partial charge in [-0.3, -0.25) is 0 Å². The molecule has 52 valence electrons. The Labute approximate surface area is 55.7 Å². The maximum atomic E-state index is 10.2. The van der Waals surface area contributed by atoms with E-state index in [4.69, 9.17) is 10.8 Å². The van der Waals surface area contributed by atoms with E-state index in [0.717, 1.165) is 6.33 Å². The van der Waals surface area contributed by atoms with Crippen LogP contribution in [-0.2, 0) is 0 Å². The Balaban J connectivity index is 3.15. The van der Waals surface area contributed by atoms with Crippen molar-refractivity contribution >= 4 is 11.8 Å². The van der Waals surface area contributed by atoms with Crippen LogP contribution in [0, 0.1) is 0 Å². The molecule has 6 nitrogen and oxygen atoms in total. The summed E-state index contributed by atoms with van der Waals surface area (Å²) in [5.74, 6) is -1.35. The van der Waals surface area contributed by atoms with E-state index in [1.54, 1.807) is 0 Å². The lowest BCUT2D eigenvalue weighted by Crippen LogP contribution is -2.08. The molecular formula is C4H4N4O2. The van der Waals surface area contributed by atoms with Gasteiger partial charge >= 0.3 is 5.97 Å². The van der Waals surface area contributed by atoms with Crippen LogP contribution in [0.15, 0.2) is 6.33 Å². The number of hydrogen-bond acceptors (Lipinski definition) is 5. The zero-order chi connectivity index (χ0) is 7.56. The zero-order valence-electron chi connectivity index (χ0n) is 4.85. The van der Waals surface area contributed by atoms with E-state index in [-0.39, 0.29) is 11.5 Å². The van der Waals surface area contributed by atoms with Gasteiger partial charge in [-0.15, -0.1) is 10.2 Å². The normalized spacial score (nSPS) is 9.20. The number of carbonyl (C=O) groups is 1. The smallest absolute Gasteiger partial charge is 0.360 e. The van der Waals surface area contributed by atoms with Crippen LogP contribution >= 0.6 is 0 Å². The Kier molecular flexibility index (Phi) is 1.44. The van der Waals surface area contributed by atoms with Crippen LogP contribution in [0.3, 0.4) is 0 Å². The van der Waals surface area contributed by atoms with Crippen LogP contribution in [0.5, 0.6) is 0 Å². The Morgan fingerprint density at radius 3 is 2.80 bits per heavy atom. The highest BCUT2D eigenvalue weighted by atomic mass is 16.4. The third-order valence-electron chi connectivity index (χ3n) is 0.851. The van der Waals surface area contributed by atoms with Crippen LogP contribution in [0.4, 0.5) is 5.82 Å². The van der Waals surface area contributed by atoms with Gasteiger partial charge in [0.1, 0.15) is 6.33 Å². The summed E-state index contributed by atoms with van der Waals surface area (Å²) in [6.07, 6.45) is 1.09. The topological polar surface area (TPSA) is 102 Å². The molecule has 0 radical (unpaired) electrons. The first-order chi connectivity index (χ1) is 4.72. The van der Waals surface area contributed by atoms with Crippen molar-refractivity contribution in [3.63, 3.8) is 0 Å². The van der Waals surface area contributed by atoms with Crippen molar-refractivity contribution in [1.82, 2.24) is 15.2 Å². The molecule has 0 amide bonds. The lowest BCUT2D eigenvalue weighted by Gasteiger charge is -1.92. The van der Waals surface area contributed by atoms with E-state index in [0.29, 0.717) is 0 Å². The van der Waals surface area contributed by atoms with Gasteiger partial charge in [0.2, 0.25) is 5.69 Å². The average molecular weight is 140 g/mol. The first kappa shape index (κ1) is 6.40. The fourth-order valence-electron chi connectivity index (χ4n) is 0.436. The molecule has 6 heteroatoms. The highest BCUT2D eigenvalue weighted by Gasteiger charge is 2.09. The van der Waals surface area contributed by atoms with Crippen LogP contribution in [0.2, 0.25) is 0 Å². The van der Waals surface area contributed by atoms with Crippen molar-refractivity contribution in [2.45, 2.75) is 0 Å². The number of nitrogens with zero attached hydrogens (tertiary/aromatic N) is 3. The molecule has 0 saturated carbocycles. The predicted molar refractivity (Wildman–Crippen MR) is 31.2 cm³/mol. The first-order valence-corrected chi connectivity index (χ1v) is 2.38. The van der Waals surface area contributed by atoms with Crippen LogP contribution < -0.4 is 5.73 Å². The molecule has 0 atom stereocenters. The molecule has 10 heavy (non-hydrogen) atoms. The van der Waals surface area contributed by atoms with Gasteiger partial charge in [0.25, 0.3) is 0 Å². The van der Waals surface area contributed by atoms with Crippen molar-refractivity contribution in [3.05, 3.63) is 12.0 Å². The van der Waals surface area contributed by atoms with E-state index in [9.17, 15) is 4.79 Å². The van der Waals surface area contributed by atoms with Gasteiger partial charge in [-0.25, -0.2) is 9.78 Å². The van der Waals surface area contributed by atoms with Gasteiger partial charge in [-0.2, -0.15) is 0 Å². The van der Waals surface area contributed by atoms with Gasteiger partial charge < -0.3 is 10.8 Å². The third-order valence-corrected chi connectivity index (χ3v) is 0.851. The largest absolute Gasteiger partial charge is 0.476 e. The van der Waals surface area contributed by atoms with Crippen LogP contribution in [0.25, 0.3) is 0 Å². The molecule has 3 N–H and O–H groups in total. The number of nitrogens with two attached hydrogens (primary N) is 1. The van der Waals surface area contributed by atoms with Gasteiger partial charge in [-0.05, 0) is 0 Å². The predicted octanol–water partition coefficient (Wildman–Crippen LogP) is -0.848. The lowest BCUT2D eigenvalue weighted by atomic mass is 10.4. The van der Waals surface area contributed by atoms with Crippen molar-refractivity contribution in [3.8, 4) is 0 Å². The highest BCUT2D eigenvalue weighted by molar-refractivity contribution is 5.89. The second-order valence-electron chi connectivity index (χ2n) is 1.50. The molecule has 0 aromatic carbocycles. The summed E-state index contributed by atoms with van der Waals surface area (Å²) in [5.41, 5.74) is 4.81. The van der Waals surface area contributed by atoms with Gasteiger partial charge in [0, 0.05) is 0 Å². The molecule has 0 spiro atoms. The standard InChI is InChI=1S/C4H4N4O2/c5-3-2(4(9)10)8-7-1-6-3/h1H,(H,9,10)(H2,5,6,7). The monoisotopic (exact) mass is 140 g/mol. The maximum Gasteiger partial charge on any atom is 0.360 e. The second kappa shape index (κ2) is 2.26. The number of aromatic carboxylic acids is 1. The molecule has 1 rings (SSSR count). The number of anilines is 1. The third kappa shape index (κ3) is 0.993. The summed E-state index contributed by atoms with van der Waals surface area (Å²) in [6.45, 7) is 0. The Hall–Kier alpha value is -1.72. The minimum Gasteiger partial charge on any atom is -0.476 e. The summed E-state index contributed by atoms with van der Waals surface area (Å²) in [7, 11) is 0. The number of aromatic nitrogens is 3. The molecule has 0 unspecified atom stereocenters. The Morgan fingerprint density at radius 1 is 1.70 bits per heavy atom. The van der Waals surface area contributed by atoms with Crippen molar-refractivity contribution < 1.29 is 9.90 Å². The number of carboxylic acids is 1. The zero-order valence-corrected chi connectivity index (χ0v) is 4.85. The summed E-state index contributed by atoms with van der Waals surface area (Å²) >= 11 is 0. The Bertz CT molecular complexity index is 261. The highest BCUT2D eigenvalue weighted by Crippen LogP contribution is 1.99. The molecule has 0 aliphatic carbocycles. The van der Waals surface area contributed by atoms with E-state index in [2.05, 4.69) is 15.2 Å². The van der Waals surface area contributed by atoms with Crippen LogP contribution in [-0.4, -0.2) is 26.3 Å². The summed E-state index contributed by atoms with van der Waals surface area (Å²) in [5, 5.41) is 14.8. The summed E-state index contributed by atoms with van der Waals surface area (Å²) < 4.78 is 0. The molecule has 0 saturated heterocycles. The van der Waals surface area contributed by atoms with Crippen molar-refractivity contribution in [1.29, 1.82) is 0 Å². The van der Waals surface area contributed by atoms with E-state index in [1.807, 2.05) is 0 Å². The lowest BCUT2D eigenvalue weighted by molar-refractivity contribution is 0.0690. The number of nitrogen functional groups attached to an aromatic ring is 1.